The van der Waals surface area contributed by atoms with E-state index >= 15 is 0 Å². The molecule has 0 saturated heterocycles. The van der Waals surface area contributed by atoms with E-state index in [0.29, 0.717) is 5.69 Å². The van der Waals surface area contributed by atoms with E-state index in [2.05, 4.69) is 10.3 Å². The molecule has 8 heteroatoms. The SMILES string of the molecule is CCN1C(=O)c2ccc(C(=O)Nc3ccc4ncccc4c3)cc2S1(=O)=O. The minimum Gasteiger partial charge on any atom is -0.322 e. The number of sulfonamides is 1. The van der Waals surface area contributed by atoms with Crippen LogP contribution < -0.4 is 5.32 Å². The van der Waals surface area contributed by atoms with E-state index in [-0.39, 0.29) is 22.6 Å². The number of carbonyl (C=O) groups excluding carboxylic acids is 2. The van der Waals surface area contributed by atoms with Crippen LogP contribution in [0, 0.1) is 0 Å². The molecule has 0 bridgehead atoms. The molecule has 0 unspecified atom stereocenters. The summed E-state index contributed by atoms with van der Waals surface area (Å²) in [5.41, 5.74) is 1.62. The number of aromatic nitrogens is 1. The summed E-state index contributed by atoms with van der Waals surface area (Å²) >= 11 is 0. The molecule has 27 heavy (non-hydrogen) atoms. The predicted octanol–water partition coefficient (Wildman–Crippen LogP) is 2.65. The van der Waals surface area contributed by atoms with Crippen LogP contribution in [0.25, 0.3) is 10.9 Å². The minimum absolute atomic E-state index is 0.0441. The third-order valence-corrected chi connectivity index (χ3v) is 6.31. The molecule has 3 aromatic rings. The third kappa shape index (κ3) is 2.74. The van der Waals surface area contributed by atoms with Gasteiger partial charge >= 0.3 is 0 Å². The summed E-state index contributed by atoms with van der Waals surface area (Å²) in [7, 11) is -3.91. The molecule has 2 amide bonds. The molecular formula is C19H15N3O4S. The number of benzene rings is 2. The zero-order valence-corrected chi connectivity index (χ0v) is 15.2. The van der Waals surface area contributed by atoms with Crippen molar-refractivity contribution in [3.05, 3.63) is 65.9 Å². The minimum atomic E-state index is -3.91. The Morgan fingerprint density at radius 1 is 1.15 bits per heavy atom. The normalized spacial score (nSPS) is 15.0. The van der Waals surface area contributed by atoms with Gasteiger partial charge in [0, 0.05) is 29.4 Å². The van der Waals surface area contributed by atoms with Crippen LogP contribution in [-0.4, -0.2) is 36.1 Å². The Morgan fingerprint density at radius 3 is 2.74 bits per heavy atom. The van der Waals surface area contributed by atoms with E-state index in [4.69, 9.17) is 0 Å². The smallest absolute Gasteiger partial charge is 0.268 e. The fraction of sp³-hybridized carbons (Fsp3) is 0.105. The van der Waals surface area contributed by atoms with Crippen LogP contribution in [0.2, 0.25) is 0 Å². The molecular weight excluding hydrogens is 366 g/mol. The van der Waals surface area contributed by atoms with Crippen molar-refractivity contribution in [2.24, 2.45) is 0 Å². The van der Waals surface area contributed by atoms with E-state index in [1.54, 1.807) is 37.4 Å². The van der Waals surface area contributed by atoms with E-state index in [1.165, 1.54) is 18.2 Å². The summed E-state index contributed by atoms with van der Waals surface area (Å²) in [6.07, 6.45) is 1.69. The van der Waals surface area contributed by atoms with Crippen molar-refractivity contribution in [3.63, 3.8) is 0 Å². The zero-order chi connectivity index (χ0) is 19.2. The first-order valence-electron chi connectivity index (χ1n) is 8.29. The van der Waals surface area contributed by atoms with Crippen LogP contribution in [0.5, 0.6) is 0 Å². The lowest BCUT2D eigenvalue weighted by Gasteiger charge is -2.11. The molecule has 1 N–H and O–H groups in total. The first-order chi connectivity index (χ1) is 12.9. The fourth-order valence-corrected chi connectivity index (χ4v) is 4.69. The molecule has 0 atom stereocenters. The Hall–Kier alpha value is -3.26. The number of nitrogens with one attached hydrogen (secondary N) is 1. The molecule has 0 fully saturated rings. The molecule has 4 rings (SSSR count). The molecule has 0 aliphatic carbocycles. The van der Waals surface area contributed by atoms with Crippen molar-refractivity contribution in [2.75, 3.05) is 11.9 Å². The summed E-state index contributed by atoms with van der Waals surface area (Å²) in [6, 6.07) is 13.0. The van der Waals surface area contributed by atoms with Crippen molar-refractivity contribution < 1.29 is 18.0 Å². The lowest BCUT2D eigenvalue weighted by Crippen LogP contribution is -2.29. The van der Waals surface area contributed by atoms with Crippen molar-refractivity contribution in [1.82, 2.24) is 9.29 Å². The summed E-state index contributed by atoms with van der Waals surface area (Å²) in [4.78, 5) is 28.8. The average molecular weight is 381 g/mol. The highest BCUT2D eigenvalue weighted by Gasteiger charge is 2.40. The Kier molecular flexibility index (Phi) is 3.92. The molecule has 2 aromatic carbocycles. The second kappa shape index (κ2) is 6.17. The molecule has 0 spiro atoms. The number of carbonyl (C=O) groups is 2. The van der Waals surface area contributed by atoms with Crippen molar-refractivity contribution in [3.8, 4) is 0 Å². The Bertz CT molecular complexity index is 1200. The van der Waals surface area contributed by atoms with Gasteiger partial charge in [0.1, 0.15) is 4.90 Å². The first kappa shape index (κ1) is 17.2. The molecule has 136 valence electrons. The van der Waals surface area contributed by atoms with Gasteiger partial charge in [-0.1, -0.05) is 6.07 Å². The number of fused-ring (bicyclic) bond motifs is 2. The highest BCUT2D eigenvalue weighted by molar-refractivity contribution is 7.90. The Labute approximate surface area is 155 Å². The summed E-state index contributed by atoms with van der Waals surface area (Å²) in [5.74, 6) is -1.03. The maximum atomic E-state index is 12.6. The van der Waals surface area contributed by atoms with Gasteiger partial charge in [-0.3, -0.25) is 14.6 Å². The van der Waals surface area contributed by atoms with Gasteiger partial charge in [0.15, 0.2) is 0 Å². The number of rotatable bonds is 3. The standard InChI is InChI=1S/C19H15N3O4S/c1-2-22-19(24)15-7-5-13(11-17(15)27(22,25)26)18(23)21-14-6-8-16-12(10-14)4-3-9-20-16/h3-11H,2H2,1H3,(H,21,23). The molecule has 1 aliphatic rings. The van der Waals surface area contributed by atoms with Gasteiger partial charge in [-0.2, -0.15) is 0 Å². The lowest BCUT2D eigenvalue weighted by molar-refractivity contribution is 0.0875. The number of pyridine rings is 1. The number of nitrogens with zero attached hydrogens (tertiary/aromatic N) is 2. The first-order valence-corrected chi connectivity index (χ1v) is 9.73. The van der Waals surface area contributed by atoms with E-state index in [0.717, 1.165) is 15.2 Å². The molecule has 2 heterocycles. The second-order valence-corrected chi connectivity index (χ2v) is 7.88. The van der Waals surface area contributed by atoms with Gasteiger partial charge in [-0.15, -0.1) is 0 Å². The molecule has 1 aromatic heterocycles. The van der Waals surface area contributed by atoms with Crippen molar-refractivity contribution in [1.29, 1.82) is 0 Å². The van der Waals surface area contributed by atoms with Crippen molar-refractivity contribution in [2.45, 2.75) is 11.8 Å². The zero-order valence-electron chi connectivity index (χ0n) is 14.3. The van der Waals surface area contributed by atoms with E-state index in [1.807, 2.05) is 6.07 Å². The highest BCUT2D eigenvalue weighted by Crippen LogP contribution is 2.31. The van der Waals surface area contributed by atoms with Crippen LogP contribution in [0.1, 0.15) is 27.6 Å². The monoisotopic (exact) mass is 381 g/mol. The number of amides is 2. The summed E-state index contributed by atoms with van der Waals surface area (Å²) in [6.45, 7) is 1.63. The third-order valence-electron chi connectivity index (χ3n) is 4.42. The van der Waals surface area contributed by atoms with Crippen molar-refractivity contribution >= 4 is 38.4 Å². The highest BCUT2D eigenvalue weighted by atomic mass is 32.2. The maximum absolute atomic E-state index is 12.6. The number of hydrogen-bond donors (Lipinski definition) is 1. The summed E-state index contributed by atoms with van der Waals surface area (Å²) in [5, 5.41) is 3.62. The second-order valence-electron chi connectivity index (χ2n) is 6.05. The van der Waals surface area contributed by atoms with E-state index in [9.17, 15) is 18.0 Å². The van der Waals surface area contributed by atoms with Gasteiger partial charge in [0.25, 0.3) is 21.8 Å². The van der Waals surface area contributed by atoms with Gasteiger partial charge in [-0.25, -0.2) is 12.7 Å². The van der Waals surface area contributed by atoms with Gasteiger partial charge in [0.05, 0.1) is 11.1 Å². The number of hydrogen-bond acceptors (Lipinski definition) is 5. The topological polar surface area (TPSA) is 96.4 Å². The Morgan fingerprint density at radius 2 is 1.96 bits per heavy atom. The van der Waals surface area contributed by atoms with Gasteiger partial charge < -0.3 is 5.32 Å². The summed E-state index contributed by atoms with van der Waals surface area (Å²) < 4.78 is 25.7. The van der Waals surface area contributed by atoms with Crippen LogP contribution in [0.15, 0.2) is 59.6 Å². The van der Waals surface area contributed by atoms with Gasteiger partial charge in [0.2, 0.25) is 0 Å². The van der Waals surface area contributed by atoms with Crippen LogP contribution in [0.3, 0.4) is 0 Å². The van der Waals surface area contributed by atoms with Crippen LogP contribution >= 0.6 is 0 Å². The van der Waals surface area contributed by atoms with Crippen LogP contribution in [-0.2, 0) is 10.0 Å². The van der Waals surface area contributed by atoms with Gasteiger partial charge in [-0.05, 0) is 49.4 Å². The molecule has 1 aliphatic heterocycles. The number of anilines is 1. The lowest BCUT2D eigenvalue weighted by atomic mass is 10.1. The van der Waals surface area contributed by atoms with Crippen LogP contribution in [0.4, 0.5) is 5.69 Å². The molecule has 0 saturated carbocycles. The maximum Gasteiger partial charge on any atom is 0.268 e. The van der Waals surface area contributed by atoms with E-state index < -0.39 is 21.8 Å². The predicted molar refractivity (Wildman–Crippen MR) is 100 cm³/mol. The molecule has 7 nitrogen and oxygen atoms in total. The quantitative estimate of drug-likeness (QED) is 0.752. The average Bonchev–Trinajstić information content (AvgIpc) is 2.86. The molecule has 0 radical (unpaired) electrons. The fourth-order valence-electron chi connectivity index (χ4n) is 3.09. The largest absolute Gasteiger partial charge is 0.322 e. The Balaban J connectivity index is 1.66.